The standard InChI is InChI=1S/C15H20N4O3/c1-2-9-18-10-7-12(8-11-18)16-17-15(20)13-5-3-4-6-14(13)19(21)22/h3-6H,2,7-11H2,1H3,(H,17,20). The Bertz CT molecular complexity index is 576. The second-order valence-electron chi connectivity index (χ2n) is 5.23. The monoisotopic (exact) mass is 304 g/mol. The van der Waals surface area contributed by atoms with Crippen molar-refractivity contribution < 1.29 is 9.72 Å². The minimum absolute atomic E-state index is 0.0280. The maximum Gasteiger partial charge on any atom is 0.282 e. The molecule has 0 atom stereocenters. The highest BCUT2D eigenvalue weighted by molar-refractivity contribution is 5.99. The number of likely N-dealkylation sites (tertiary alicyclic amines) is 1. The van der Waals surface area contributed by atoms with Crippen LogP contribution < -0.4 is 5.43 Å². The summed E-state index contributed by atoms with van der Waals surface area (Å²) in [4.78, 5) is 24.8. The van der Waals surface area contributed by atoms with Gasteiger partial charge in [0.25, 0.3) is 11.6 Å². The number of amides is 1. The molecule has 1 aromatic rings. The predicted octanol–water partition coefficient (Wildman–Crippen LogP) is 2.19. The van der Waals surface area contributed by atoms with Crippen molar-refractivity contribution in [1.82, 2.24) is 10.3 Å². The summed E-state index contributed by atoms with van der Waals surface area (Å²) >= 11 is 0. The highest BCUT2D eigenvalue weighted by Gasteiger charge is 2.19. The quantitative estimate of drug-likeness (QED) is 0.667. The molecule has 1 heterocycles. The number of nitro groups is 1. The van der Waals surface area contributed by atoms with Gasteiger partial charge >= 0.3 is 0 Å². The number of benzene rings is 1. The van der Waals surface area contributed by atoms with Crippen LogP contribution in [0, 0.1) is 10.1 Å². The minimum atomic E-state index is -0.564. The van der Waals surface area contributed by atoms with E-state index in [2.05, 4.69) is 22.4 Å². The van der Waals surface area contributed by atoms with Crippen LogP contribution >= 0.6 is 0 Å². The van der Waals surface area contributed by atoms with E-state index < -0.39 is 10.8 Å². The molecule has 1 saturated heterocycles. The summed E-state index contributed by atoms with van der Waals surface area (Å²) in [7, 11) is 0. The van der Waals surface area contributed by atoms with Crippen molar-refractivity contribution in [2.75, 3.05) is 19.6 Å². The molecule has 7 heteroatoms. The molecule has 0 spiro atoms. The highest BCUT2D eigenvalue weighted by atomic mass is 16.6. The molecule has 0 aliphatic carbocycles. The van der Waals surface area contributed by atoms with Gasteiger partial charge in [-0.25, -0.2) is 5.43 Å². The lowest BCUT2D eigenvalue weighted by molar-refractivity contribution is -0.385. The van der Waals surface area contributed by atoms with Crippen molar-refractivity contribution in [1.29, 1.82) is 0 Å². The molecule has 7 nitrogen and oxygen atoms in total. The van der Waals surface area contributed by atoms with E-state index in [4.69, 9.17) is 0 Å². The van der Waals surface area contributed by atoms with Gasteiger partial charge in [-0.2, -0.15) is 5.10 Å². The number of hydrogen-bond acceptors (Lipinski definition) is 5. The Morgan fingerprint density at radius 1 is 1.36 bits per heavy atom. The molecule has 1 aliphatic rings. The Morgan fingerprint density at radius 2 is 2.05 bits per heavy atom. The Hall–Kier alpha value is -2.28. The predicted molar refractivity (Wildman–Crippen MR) is 84.0 cm³/mol. The number of carbonyl (C=O) groups excluding carboxylic acids is 1. The summed E-state index contributed by atoms with van der Waals surface area (Å²) in [5, 5.41) is 15.0. The first-order chi connectivity index (χ1) is 10.6. The minimum Gasteiger partial charge on any atom is -0.303 e. The first-order valence-corrected chi connectivity index (χ1v) is 7.43. The third-order valence-corrected chi connectivity index (χ3v) is 3.63. The Balaban J connectivity index is 1.96. The SMILES string of the molecule is CCCN1CCC(=NNC(=O)c2ccccc2[N+](=O)[O-])CC1. The number of para-hydroxylation sites is 1. The largest absolute Gasteiger partial charge is 0.303 e. The summed E-state index contributed by atoms with van der Waals surface area (Å²) in [6.07, 6.45) is 2.76. The van der Waals surface area contributed by atoms with E-state index in [9.17, 15) is 14.9 Å². The van der Waals surface area contributed by atoms with E-state index in [0.717, 1.165) is 44.6 Å². The van der Waals surface area contributed by atoms with Gasteiger partial charge in [0.1, 0.15) is 5.56 Å². The van der Waals surface area contributed by atoms with Crippen molar-refractivity contribution in [3.63, 3.8) is 0 Å². The number of nitrogens with one attached hydrogen (secondary N) is 1. The Kier molecular flexibility index (Phi) is 5.60. The molecule has 0 radical (unpaired) electrons. The molecule has 22 heavy (non-hydrogen) atoms. The number of nitro benzene ring substituents is 1. The number of hydrazone groups is 1. The van der Waals surface area contributed by atoms with Crippen LogP contribution in [0.4, 0.5) is 5.69 Å². The summed E-state index contributed by atoms with van der Waals surface area (Å²) in [6, 6.07) is 5.87. The van der Waals surface area contributed by atoms with Crippen LogP contribution in [-0.4, -0.2) is 41.1 Å². The maximum absolute atomic E-state index is 12.0. The van der Waals surface area contributed by atoms with E-state index in [1.807, 2.05) is 0 Å². The molecule has 1 aliphatic heterocycles. The first kappa shape index (κ1) is 16.1. The lowest BCUT2D eigenvalue weighted by Crippen LogP contribution is -2.35. The molecule has 2 rings (SSSR count). The Labute approximate surface area is 129 Å². The lowest BCUT2D eigenvalue weighted by Gasteiger charge is -2.26. The second kappa shape index (κ2) is 7.65. The van der Waals surface area contributed by atoms with Gasteiger partial charge in [0.15, 0.2) is 0 Å². The van der Waals surface area contributed by atoms with Gasteiger partial charge in [0.2, 0.25) is 0 Å². The van der Waals surface area contributed by atoms with Gasteiger partial charge in [-0.15, -0.1) is 0 Å². The van der Waals surface area contributed by atoms with Crippen LogP contribution in [-0.2, 0) is 0 Å². The fourth-order valence-electron chi connectivity index (χ4n) is 2.48. The van der Waals surface area contributed by atoms with E-state index in [1.165, 1.54) is 18.2 Å². The van der Waals surface area contributed by atoms with Crippen LogP contribution in [0.5, 0.6) is 0 Å². The van der Waals surface area contributed by atoms with Gasteiger partial charge in [-0.1, -0.05) is 19.1 Å². The van der Waals surface area contributed by atoms with Crippen molar-refractivity contribution in [2.45, 2.75) is 26.2 Å². The maximum atomic E-state index is 12.0. The normalized spacial score (nSPS) is 15.4. The average Bonchev–Trinajstić information content (AvgIpc) is 2.54. The van der Waals surface area contributed by atoms with E-state index in [0.29, 0.717) is 0 Å². The smallest absolute Gasteiger partial charge is 0.282 e. The molecular weight excluding hydrogens is 284 g/mol. The third kappa shape index (κ3) is 4.11. The average molecular weight is 304 g/mol. The Morgan fingerprint density at radius 3 is 2.68 bits per heavy atom. The third-order valence-electron chi connectivity index (χ3n) is 3.63. The second-order valence-corrected chi connectivity index (χ2v) is 5.23. The first-order valence-electron chi connectivity index (χ1n) is 7.43. The lowest BCUT2D eigenvalue weighted by atomic mass is 10.1. The molecule has 0 aromatic heterocycles. The number of carbonyl (C=O) groups is 1. The molecule has 1 fully saturated rings. The van der Waals surface area contributed by atoms with Gasteiger partial charge in [0.05, 0.1) is 4.92 Å². The number of piperidine rings is 1. The number of hydrogen-bond donors (Lipinski definition) is 1. The molecule has 0 unspecified atom stereocenters. The van der Waals surface area contributed by atoms with Crippen molar-refractivity contribution >= 4 is 17.3 Å². The summed E-state index contributed by atoms with van der Waals surface area (Å²) in [5.41, 5.74) is 3.18. The number of nitrogens with zero attached hydrogens (tertiary/aromatic N) is 3. The molecule has 0 saturated carbocycles. The summed E-state index contributed by atoms with van der Waals surface area (Å²) in [6.45, 7) is 5.11. The van der Waals surface area contributed by atoms with E-state index >= 15 is 0 Å². The highest BCUT2D eigenvalue weighted by Crippen LogP contribution is 2.17. The fraction of sp³-hybridized carbons (Fsp3) is 0.467. The van der Waals surface area contributed by atoms with Crippen LogP contribution in [0.1, 0.15) is 36.5 Å². The molecule has 0 bridgehead atoms. The molecule has 1 amide bonds. The van der Waals surface area contributed by atoms with Crippen LogP contribution in [0.15, 0.2) is 29.4 Å². The molecule has 1 aromatic carbocycles. The van der Waals surface area contributed by atoms with Gasteiger partial charge in [-0.05, 0) is 19.0 Å². The van der Waals surface area contributed by atoms with Crippen LogP contribution in [0.2, 0.25) is 0 Å². The zero-order valence-corrected chi connectivity index (χ0v) is 12.6. The number of rotatable bonds is 5. The van der Waals surface area contributed by atoms with Gasteiger partial charge in [0, 0.05) is 37.7 Å². The van der Waals surface area contributed by atoms with Gasteiger partial charge < -0.3 is 4.90 Å². The fourth-order valence-corrected chi connectivity index (χ4v) is 2.48. The zero-order valence-electron chi connectivity index (χ0n) is 12.6. The summed E-state index contributed by atoms with van der Waals surface area (Å²) in [5.74, 6) is -0.546. The van der Waals surface area contributed by atoms with E-state index in [1.54, 1.807) is 6.07 Å². The molecular formula is C15H20N4O3. The summed E-state index contributed by atoms with van der Waals surface area (Å²) < 4.78 is 0. The topological polar surface area (TPSA) is 87.8 Å². The van der Waals surface area contributed by atoms with Crippen LogP contribution in [0.25, 0.3) is 0 Å². The molecule has 118 valence electrons. The molecule has 1 N–H and O–H groups in total. The van der Waals surface area contributed by atoms with Crippen LogP contribution in [0.3, 0.4) is 0 Å². The van der Waals surface area contributed by atoms with Crippen molar-refractivity contribution in [2.24, 2.45) is 5.10 Å². The van der Waals surface area contributed by atoms with Gasteiger partial charge in [-0.3, -0.25) is 14.9 Å². The van der Waals surface area contributed by atoms with Crippen molar-refractivity contribution in [3.8, 4) is 0 Å². The van der Waals surface area contributed by atoms with Crippen molar-refractivity contribution in [3.05, 3.63) is 39.9 Å². The van der Waals surface area contributed by atoms with E-state index in [-0.39, 0.29) is 11.3 Å². The zero-order chi connectivity index (χ0) is 15.9.